The normalized spacial score (nSPS) is 20.7. The third-order valence-corrected chi connectivity index (χ3v) is 6.50. The molecule has 2 aromatic heterocycles. The number of carbonyl (C=O) groups excluding carboxylic acids is 1. The average molecular weight is 536 g/mol. The van der Waals surface area contributed by atoms with Crippen LogP contribution in [0.25, 0.3) is 22.3 Å². The Morgan fingerprint density at radius 2 is 1.92 bits per heavy atom. The number of hydrogen-bond acceptors (Lipinski definition) is 11. The number of nitrogens with zero attached hydrogens (tertiary/aromatic N) is 4. The van der Waals surface area contributed by atoms with E-state index < -0.39 is 31.1 Å². The minimum atomic E-state index is -1.33. The lowest BCUT2D eigenvalue weighted by Crippen LogP contribution is -2.33. The number of imidazole rings is 1. The monoisotopic (exact) mass is 535 g/mol. The Balaban J connectivity index is 1.35. The molecular formula is C26H29N7O6. The number of fused-ring (bicyclic) bond motifs is 1. The molecule has 0 bridgehead atoms. The van der Waals surface area contributed by atoms with E-state index >= 15 is 0 Å². The average Bonchev–Trinajstić information content (AvgIpc) is 3.47. The summed E-state index contributed by atoms with van der Waals surface area (Å²) in [6.45, 7) is -0.160. The van der Waals surface area contributed by atoms with Crippen LogP contribution < -0.4 is 21.1 Å². The molecule has 0 spiro atoms. The zero-order valence-corrected chi connectivity index (χ0v) is 21.1. The summed E-state index contributed by atoms with van der Waals surface area (Å²) < 4.78 is 12.8. The fourth-order valence-electron chi connectivity index (χ4n) is 4.37. The van der Waals surface area contributed by atoms with E-state index in [1.165, 1.54) is 10.9 Å². The Kier molecular flexibility index (Phi) is 7.56. The fourth-order valence-corrected chi connectivity index (χ4v) is 4.37. The second kappa shape index (κ2) is 11.2. The maximum atomic E-state index is 11.5. The number of aliphatic hydroxyl groups excluding tert-OH is 3. The molecule has 13 nitrogen and oxygen atoms in total. The summed E-state index contributed by atoms with van der Waals surface area (Å²) in [6.07, 6.45) is -3.36. The van der Waals surface area contributed by atoms with Gasteiger partial charge in [0.05, 0.1) is 6.61 Å². The lowest BCUT2D eigenvalue weighted by Gasteiger charge is -2.19. The summed E-state index contributed by atoms with van der Waals surface area (Å²) in [7, 11) is 1.56. The van der Waals surface area contributed by atoms with Crippen LogP contribution in [0.1, 0.15) is 11.8 Å². The predicted molar refractivity (Wildman–Crippen MR) is 142 cm³/mol. The van der Waals surface area contributed by atoms with Gasteiger partial charge in [-0.3, -0.25) is 9.36 Å². The maximum absolute atomic E-state index is 11.5. The molecular weight excluding hydrogens is 506 g/mol. The van der Waals surface area contributed by atoms with Crippen LogP contribution in [0.2, 0.25) is 0 Å². The van der Waals surface area contributed by atoms with Gasteiger partial charge >= 0.3 is 0 Å². The minimum absolute atomic E-state index is 0.0604. The predicted octanol–water partition coefficient (Wildman–Crippen LogP) is 0.424. The molecule has 7 N–H and O–H groups in total. The first-order valence-corrected chi connectivity index (χ1v) is 12.3. The number of amides is 1. The van der Waals surface area contributed by atoms with Crippen LogP contribution in [-0.2, 0) is 16.1 Å². The van der Waals surface area contributed by atoms with Crippen molar-refractivity contribution in [1.29, 1.82) is 0 Å². The van der Waals surface area contributed by atoms with Crippen LogP contribution >= 0.6 is 0 Å². The van der Waals surface area contributed by atoms with Gasteiger partial charge in [-0.15, -0.1) is 0 Å². The van der Waals surface area contributed by atoms with E-state index in [4.69, 9.17) is 15.2 Å². The summed E-state index contributed by atoms with van der Waals surface area (Å²) in [5.41, 5.74) is 9.47. The number of aliphatic hydroxyl groups is 3. The third-order valence-electron chi connectivity index (χ3n) is 6.50. The number of rotatable bonds is 9. The molecule has 0 unspecified atom stereocenters. The van der Waals surface area contributed by atoms with Crippen LogP contribution in [-0.4, -0.2) is 79.3 Å². The second-order valence-corrected chi connectivity index (χ2v) is 9.01. The van der Waals surface area contributed by atoms with E-state index in [1.807, 2.05) is 42.5 Å². The first-order valence-electron chi connectivity index (χ1n) is 12.3. The van der Waals surface area contributed by atoms with Crippen LogP contribution in [0.5, 0.6) is 5.75 Å². The lowest BCUT2D eigenvalue weighted by atomic mass is 10.0. The van der Waals surface area contributed by atoms with Gasteiger partial charge in [0.2, 0.25) is 5.95 Å². The molecule has 0 aliphatic carbocycles. The quantitative estimate of drug-likeness (QED) is 0.174. The molecule has 204 valence electrons. The number of anilines is 2. The molecule has 2 aromatic carbocycles. The van der Waals surface area contributed by atoms with Gasteiger partial charge in [0.1, 0.15) is 30.4 Å². The second-order valence-electron chi connectivity index (χ2n) is 9.01. The molecule has 1 fully saturated rings. The number of hydrogen-bond donors (Lipinski definition) is 6. The topological polar surface area (TPSA) is 190 Å². The van der Waals surface area contributed by atoms with E-state index in [0.717, 1.165) is 16.7 Å². The highest BCUT2D eigenvalue weighted by molar-refractivity contribution is 5.84. The molecule has 5 rings (SSSR count). The van der Waals surface area contributed by atoms with Gasteiger partial charge < -0.3 is 41.2 Å². The van der Waals surface area contributed by atoms with Gasteiger partial charge in [-0.25, -0.2) is 15.0 Å². The third kappa shape index (κ3) is 5.33. The largest absolute Gasteiger partial charge is 0.484 e. The fraction of sp³-hybridized carbons (Fsp3) is 0.308. The van der Waals surface area contributed by atoms with E-state index in [0.29, 0.717) is 29.4 Å². The Labute approximate surface area is 223 Å². The number of benzene rings is 2. The highest BCUT2D eigenvalue weighted by atomic mass is 16.6. The van der Waals surface area contributed by atoms with Gasteiger partial charge in [-0.2, -0.15) is 0 Å². The molecule has 4 atom stereocenters. The van der Waals surface area contributed by atoms with E-state index in [-0.39, 0.29) is 18.3 Å². The molecule has 1 saturated heterocycles. The molecule has 1 aliphatic rings. The van der Waals surface area contributed by atoms with Crippen molar-refractivity contribution in [2.75, 3.05) is 31.3 Å². The summed E-state index contributed by atoms with van der Waals surface area (Å²) in [5.74, 6) is 0.836. The van der Waals surface area contributed by atoms with Crippen molar-refractivity contribution in [3.8, 4) is 16.9 Å². The van der Waals surface area contributed by atoms with E-state index in [2.05, 4.69) is 25.6 Å². The van der Waals surface area contributed by atoms with Crippen molar-refractivity contribution in [3.63, 3.8) is 0 Å². The Bertz CT molecular complexity index is 1460. The van der Waals surface area contributed by atoms with E-state index in [9.17, 15) is 20.1 Å². The van der Waals surface area contributed by atoms with Gasteiger partial charge in [-0.1, -0.05) is 36.4 Å². The molecule has 0 radical (unpaired) electrons. The number of ether oxygens (including phenoxy) is 2. The van der Waals surface area contributed by atoms with Gasteiger partial charge in [0.25, 0.3) is 5.91 Å². The number of nitrogens with one attached hydrogen (secondary N) is 2. The zero-order valence-electron chi connectivity index (χ0n) is 21.1. The van der Waals surface area contributed by atoms with Crippen LogP contribution in [0.4, 0.5) is 11.8 Å². The number of carbonyl (C=O) groups is 1. The van der Waals surface area contributed by atoms with Gasteiger partial charge in [0.15, 0.2) is 29.8 Å². The first kappa shape index (κ1) is 26.3. The Morgan fingerprint density at radius 3 is 2.64 bits per heavy atom. The smallest absolute Gasteiger partial charge is 0.257 e. The number of nitrogens with two attached hydrogens (primary N) is 1. The molecule has 0 saturated carbocycles. The van der Waals surface area contributed by atoms with Crippen molar-refractivity contribution < 1.29 is 29.6 Å². The van der Waals surface area contributed by atoms with Crippen LogP contribution in [0.3, 0.4) is 0 Å². The van der Waals surface area contributed by atoms with Crippen molar-refractivity contribution in [1.82, 2.24) is 24.8 Å². The highest BCUT2D eigenvalue weighted by Gasteiger charge is 2.45. The van der Waals surface area contributed by atoms with Crippen molar-refractivity contribution in [2.24, 2.45) is 0 Å². The molecule has 13 heteroatoms. The molecule has 1 aliphatic heterocycles. The molecule has 39 heavy (non-hydrogen) atoms. The molecule has 4 aromatic rings. The number of likely N-dealkylation sites (N-methyl/N-ethyl adjacent to an activating group) is 1. The zero-order chi connectivity index (χ0) is 27.5. The van der Waals surface area contributed by atoms with Gasteiger partial charge in [-0.05, 0) is 28.8 Å². The Morgan fingerprint density at radius 1 is 1.13 bits per heavy atom. The lowest BCUT2D eigenvalue weighted by molar-refractivity contribution is -0.122. The summed E-state index contributed by atoms with van der Waals surface area (Å²) >= 11 is 0. The van der Waals surface area contributed by atoms with E-state index in [1.54, 1.807) is 13.1 Å². The Hall–Kier alpha value is -4.30. The van der Waals surface area contributed by atoms with Crippen molar-refractivity contribution in [3.05, 3.63) is 60.4 Å². The summed E-state index contributed by atoms with van der Waals surface area (Å²) in [4.78, 5) is 24.2. The van der Waals surface area contributed by atoms with Crippen molar-refractivity contribution >= 4 is 28.8 Å². The summed E-state index contributed by atoms with van der Waals surface area (Å²) in [5, 5.41) is 36.2. The van der Waals surface area contributed by atoms with Gasteiger partial charge in [0, 0.05) is 13.6 Å². The minimum Gasteiger partial charge on any atom is -0.484 e. The summed E-state index contributed by atoms with van der Waals surface area (Å²) in [6, 6.07) is 15.3. The number of nitrogen functional groups attached to an aromatic ring is 1. The standard InChI is InChI=1S/C26H29N7O6/c1-28-19(35)12-38-17-4-2-3-16(9-17)15-7-5-14(6-8-15)10-29-26-32-20-23(27)30-13-31-24(20)33(26)25-22(37)21(36)18(11-34)39-25/h2-9,13,18,21-22,25,34,36-37H,10-12H2,1H3,(H,28,35)(H,29,32)(H2,27,30,31)/t18-,21-,22-,25-/m1/s1. The maximum Gasteiger partial charge on any atom is 0.257 e. The first-order chi connectivity index (χ1) is 18.9. The molecule has 1 amide bonds. The number of aromatic nitrogens is 4. The van der Waals surface area contributed by atoms with Crippen LogP contribution in [0, 0.1) is 0 Å². The molecule has 3 heterocycles. The SMILES string of the molecule is CNC(=O)COc1cccc(-c2ccc(CNc3nc4c(N)ncnc4n3[C@@H]3O[C@H](CO)[C@@H](O)[C@H]3O)cc2)c1. The van der Waals surface area contributed by atoms with Crippen LogP contribution in [0.15, 0.2) is 54.9 Å². The highest BCUT2D eigenvalue weighted by Crippen LogP contribution is 2.35. The van der Waals surface area contributed by atoms with Crippen molar-refractivity contribution in [2.45, 2.75) is 31.1 Å².